The first kappa shape index (κ1) is 11.0. The first-order valence-corrected chi connectivity index (χ1v) is 6.01. The fourth-order valence-electron chi connectivity index (χ4n) is 2.40. The molecule has 2 aromatic rings. The number of H-pyrrole nitrogens is 1. The van der Waals surface area contributed by atoms with Crippen LogP contribution in [0.5, 0.6) is 5.75 Å². The lowest BCUT2D eigenvalue weighted by Gasteiger charge is -2.11. The summed E-state index contributed by atoms with van der Waals surface area (Å²) in [6.07, 6.45) is 4.14. The normalized spacial score (nSPS) is 16.1. The number of hydrogen-bond donors (Lipinski definition) is 1. The van der Waals surface area contributed by atoms with Crippen molar-refractivity contribution in [1.82, 2.24) is 4.98 Å². The van der Waals surface area contributed by atoms with Crippen LogP contribution in [0, 0.1) is 0 Å². The average molecular weight is 240 g/mol. The number of hydrogen-bond acceptors (Lipinski definition) is 2. The summed E-state index contributed by atoms with van der Waals surface area (Å²) < 4.78 is 5.30. The number of nitrogens with zero attached hydrogens (tertiary/aromatic N) is 1. The maximum atomic E-state index is 5.30. The fourth-order valence-corrected chi connectivity index (χ4v) is 2.40. The molecule has 0 spiro atoms. The van der Waals surface area contributed by atoms with Crippen molar-refractivity contribution in [3.05, 3.63) is 47.8 Å². The van der Waals surface area contributed by atoms with Crippen LogP contribution in [0.3, 0.4) is 0 Å². The third-order valence-electron chi connectivity index (χ3n) is 3.32. The average Bonchev–Trinajstić information content (AvgIpc) is 2.99. The van der Waals surface area contributed by atoms with E-state index in [1.807, 2.05) is 18.3 Å². The monoisotopic (exact) mass is 240 g/mol. The summed E-state index contributed by atoms with van der Waals surface area (Å²) in [5.74, 6) is 0.904. The summed E-state index contributed by atoms with van der Waals surface area (Å²) in [6, 6.07) is 10.3. The Labute approximate surface area is 107 Å². The van der Waals surface area contributed by atoms with Gasteiger partial charge in [0.2, 0.25) is 0 Å². The van der Waals surface area contributed by atoms with Crippen LogP contribution >= 0.6 is 0 Å². The van der Waals surface area contributed by atoms with E-state index in [2.05, 4.69) is 41.2 Å². The molecule has 0 atom stereocenters. The Morgan fingerprint density at radius 1 is 1.33 bits per heavy atom. The number of anilines is 1. The van der Waals surface area contributed by atoms with Crippen molar-refractivity contribution in [2.45, 2.75) is 0 Å². The number of ether oxygens (including phenoxy) is 1. The van der Waals surface area contributed by atoms with Crippen molar-refractivity contribution in [3.63, 3.8) is 0 Å². The first-order chi connectivity index (χ1) is 8.78. The molecule has 1 aromatic carbocycles. The minimum atomic E-state index is 0.904. The largest absolute Gasteiger partial charge is 0.497 e. The summed E-state index contributed by atoms with van der Waals surface area (Å²) >= 11 is 0. The summed E-state index contributed by atoms with van der Waals surface area (Å²) in [4.78, 5) is 5.47. The molecule has 0 amide bonds. The predicted molar refractivity (Wildman–Crippen MR) is 74.9 cm³/mol. The zero-order valence-electron chi connectivity index (χ0n) is 10.6. The number of fused-ring (bicyclic) bond motifs is 1. The maximum Gasteiger partial charge on any atom is 0.119 e. The Morgan fingerprint density at radius 3 is 2.94 bits per heavy atom. The van der Waals surface area contributed by atoms with Gasteiger partial charge in [-0.05, 0) is 42.0 Å². The molecule has 0 saturated heterocycles. The van der Waals surface area contributed by atoms with E-state index in [0.717, 1.165) is 18.0 Å². The summed E-state index contributed by atoms with van der Waals surface area (Å²) in [5.41, 5.74) is 4.96. The molecule has 1 N–H and O–H groups in total. The Kier molecular flexibility index (Phi) is 2.59. The zero-order valence-corrected chi connectivity index (χ0v) is 10.6. The Hall–Kier alpha value is -2.16. The van der Waals surface area contributed by atoms with Gasteiger partial charge < -0.3 is 14.6 Å². The second kappa shape index (κ2) is 4.26. The Bertz CT molecular complexity index is 585. The number of rotatable bonds is 2. The molecule has 0 aliphatic carbocycles. The molecule has 92 valence electrons. The van der Waals surface area contributed by atoms with Gasteiger partial charge in [0.05, 0.1) is 7.11 Å². The number of nitrogens with one attached hydrogen (secondary N) is 1. The number of aromatic amines is 1. The van der Waals surface area contributed by atoms with Crippen molar-refractivity contribution >= 4 is 17.3 Å². The number of likely N-dealkylation sites (N-methyl/N-ethyl adjacent to an activating group) is 1. The molecule has 18 heavy (non-hydrogen) atoms. The van der Waals surface area contributed by atoms with Gasteiger partial charge in [-0.2, -0.15) is 0 Å². The molecule has 0 saturated carbocycles. The zero-order chi connectivity index (χ0) is 12.5. The van der Waals surface area contributed by atoms with E-state index in [-0.39, 0.29) is 0 Å². The van der Waals surface area contributed by atoms with Crippen LogP contribution in [0.2, 0.25) is 0 Å². The van der Waals surface area contributed by atoms with Gasteiger partial charge in [-0.1, -0.05) is 0 Å². The summed E-state index contributed by atoms with van der Waals surface area (Å²) in [6.45, 7) is 0.932. The van der Waals surface area contributed by atoms with Gasteiger partial charge in [-0.15, -0.1) is 0 Å². The highest BCUT2D eigenvalue weighted by Gasteiger charge is 2.21. The van der Waals surface area contributed by atoms with E-state index in [0.29, 0.717) is 0 Å². The van der Waals surface area contributed by atoms with Crippen LogP contribution in [0.15, 0.2) is 36.5 Å². The molecule has 0 fully saturated rings. The third kappa shape index (κ3) is 1.78. The van der Waals surface area contributed by atoms with E-state index in [4.69, 9.17) is 4.74 Å². The molecule has 3 heteroatoms. The van der Waals surface area contributed by atoms with E-state index < -0.39 is 0 Å². The minimum Gasteiger partial charge on any atom is -0.497 e. The van der Waals surface area contributed by atoms with Crippen LogP contribution < -0.4 is 9.64 Å². The van der Waals surface area contributed by atoms with E-state index in [1.54, 1.807) is 7.11 Å². The highest BCUT2D eigenvalue weighted by molar-refractivity contribution is 5.93. The molecule has 2 heterocycles. The molecule has 3 nitrogen and oxygen atoms in total. The van der Waals surface area contributed by atoms with Crippen molar-refractivity contribution in [2.24, 2.45) is 0 Å². The van der Waals surface area contributed by atoms with Crippen molar-refractivity contribution in [3.8, 4) is 5.75 Å². The standard InChI is InChI=1S/C15H16N2O/c1-17-10-11(8-12-4-3-7-16-12)14-9-13(18-2)5-6-15(14)17/h3-9,16H,10H2,1-2H3. The molecule has 0 bridgehead atoms. The number of aromatic nitrogens is 1. The molecule has 3 rings (SSSR count). The second-order valence-electron chi connectivity index (χ2n) is 4.53. The van der Waals surface area contributed by atoms with Crippen LogP contribution in [0.4, 0.5) is 5.69 Å². The second-order valence-corrected chi connectivity index (χ2v) is 4.53. The van der Waals surface area contributed by atoms with Crippen LogP contribution in [0.25, 0.3) is 11.6 Å². The quantitative estimate of drug-likeness (QED) is 0.874. The van der Waals surface area contributed by atoms with Gasteiger partial charge in [0.15, 0.2) is 0 Å². The smallest absolute Gasteiger partial charge is 0.119 e. The molecule has 1 aliphatic heterocycles. The predicted octanol–water partition coefficient (Wildman–Crippen LogP) is 3.01. The molecular formula is C15H16N2O. The highest BCUT2D eigenvalue weighted by atomic mass is 16.5. The highest BCUT2D eigenvalue weighted by Crippen LogP contribution is 2.37. The van der Waals surface area contributed by atoms with Gasteiger partial charge in [-0.25, -0.2) is 0 Å². The minimum absolute atomic E-state index is 0.904. The topological polar surface area (TPSA) is 28.3 Å². The fraction of sp³-hybridized carbons (Fsp3) is 0.200. The Morgan fingerprint density at radius 2 is 2.22 bits per heavy atom. The summed E-state index contributed by atoms with van der Waals surface area (Å²) in [5, 5.41) is 0. The molecule has 1 aromatic heterocycles. The lowest BCUT2D eigenvalue weighted by molar-refractivity contribution is 0.415. The van der Waals surface area contributed by atoms with Gasteiger partial charge in [0.25, 0.3) is 0 Å². The van der Waals surface area contributed by atoms with Crippen LogP contribution in [0.1, 0.15) is 11.3 Å². The van der Waals surface area contributed by atoms with E-state index >= 15 is 0 Å². The maximum absolute atomic E-state index is 5.30. The van der Waals surface area contributed by atoms with Crippen molar-refractivity contribution < 1.29 is 4.74 Å². The molecule has 0 radical (unpaired) electrons. The van der Waals surface area contributed by atoms with Crippen LogP contribution in [-0.2, 0) is 0 Å². The lowest BCUT2D eigenvalue weighted by Crippen LogP contribution is -2.12. The molecular weight excluding hydrogens is 224 g/mol. The van der Waals surface area contributed by atoms with E-state index in [1.165, 1.54) is 16.8 Å². The van der Waals surface area contributed by atoms with Gasteiger partial charge >= 0.3 is 0 Å². The van der Waals surface area contributed by atoms with E-state index in [9.17, 15) is 0 Å². The SMILES string of the molecule is COc1ccc2c(c1)C(=Cc1ccc[nH]1)CN2C. The molecule has 0 unspecified atom stereocenters. The van der Waals surface area contributed by atoms with Crippen molar-refractivity contribution in [2.75, 3.05) is 25.6 Å². The van der Waals surface area contributed by atoms with Crippen molar-refractivity contribution in [1.29, 1.82) is 0 Å². The third-order valence-corrected chi connectivity index (χ3v) is 3.32. The number of benzene rings is 1. The lowest BCUT2D eigenvalue weighted by atomic mass is 10.1. The summed E-state index contributed by atoms with van der Waals surface area (Å²) in [7, 11) is 3.82. The van der Waals surface area contributed by atoms with Gasteiger partial charge in [0.1, 0.15) is 5.75 Å². The molecule has 1 aliphatic rings. The van der Waals surface area contributed by atoms with Crippen LogP contribution in [-0.4, -0.2) is 25.7 Å². The van der Waals surface area contributed by atoms with Gasteiger partial charge in [-0.3, -0.25) is 0 Å². The Balaban J connectivity index is 2.07. The number of methoxy groups -OCH3 is 1. The van der Waals surface area contributed by atoms with Gasteiger partial charge in [0, 0.05) is 36.7 Å². The first-order valence-electron chi connectivity index (χ1n) is 6.01.